The van der Waals surface area contributed by atoms with Crippen LogP contribution in [0.2, 0.25) is 0 Å². The first kappa shape index (κ1) is 11.7. The van der Waals surface area contributed by atoms with Crippen molar-refractivity contribution < 1.29 is 4.74 Å². The standard InChI is InChI=1S/C14H18N2O/c1-2-3-12-4-6-13(7-5-12)17-11-8-14-15-9-10-16-14/h4-7,9-10H,2-3,8,11H2,1H3,(H,15,16). The number of aromatic amines is 1. The lowest BCUT2D eigenvalue weighted by molar-refractivity contribution is 0.319. The van der Waals surface area contributed by atoms with Crippen molar-refractivity contribution in [3.05, 3.63) is 48.0 Å². The highest BCUT2D eigenvalue weighted by atomic mass is 16.5. The summed E-state index contributed by atoms with van der Waals surface area (Å²) in [7, 11) is 0. The Morgan fingerprint density at radius 3 is 2.65 bits per heavy atom. The number of rotatable bonds is 6. The number of hydrogen-bond donors (Lipinski definition) is 1. The molecular weight excluding hydrogens is 212 g/mol. The quantitative estimate of drug-likeness (QED) is 0.828. The summed E-state index contributed by atoms with van der Waals surface area (Å²) < 4.78 is 5.65. The second-order valence-electron chi connectivity index (χ2n) is 4.03. The molecule has 1 heterocycles. The van der Waals surface area contributed by atoms with Crippen LogP contribution in [0.1, 0.15) is 24.7 Å². The van der Waals surface area contributed by atoms with Gasteiger partial charge in [-0.2, -0.15) is 0 Å². The number of benzene rings is 1. The molecule has 0 aliphatic rings. The summed E-state index contributed by atoms with van der Waals surface area (Å²) in [5.41, 5.74) is 1.37. The average Bonchev–Trinajstić information content (AvgIpc) is 2.85. The van der Waals surface area contributed by atoms with Gasteiger partial charge in [-0.25, -0.2) is 4.98 Å². The largest absolute Gasteiger partial charge is 0.493 e. The van der Waals surface area contributed by atoms with Crippen molar-refractivity contribution in [3.8, 4) is 5.75 Å². The van der Waals surface area contributed by atoms with Crippen LogP contribution in [0.5, 0.6) is 5.75 Å². The lowest BCUT2D eigenvalue weighted by atomic mass is 10.1. The van der Waals surface area contributed by atoms with Gasteiger partial charge < -0.3 is 9.72 Å². The van der Waals surface area contributed by atoms with Crippen molar-refractivity contribution in [2.75, 3.05) is 6.61 Å². The molecule has 2 aromatic rings. The molecule has 1 aromatic carbocycles. The minimum absolute atomic E-state index is 0.653. The lowest BCUT2D eigenvalue weighted by Gasteiger charge is -2.06. The molecule has 0 aliphatic heterocycles. The van der Waals surface area contributed by atoms with E-state index < -0.39 is 0 Å². The maximum atomic E-state index is 5.65. The summed E-state index contributed by atoms with van der Waals surface area (Å²) in [5.74, 6) is 1.89. The van der Waals surface area contributed by atoms with E-state index in [1.165, 1.54) is 12.0 Å². The summed E-state index contributed by atoms with van der Waals surface area (Å²) in [4.78, 5) is 7.21. The van der Waals surface area contributed by atoms with E-state index in [2.05, 4.69) is 29.0 Å². The molecule has 0 fully saturated rings. The number of nitrogens with one attached hydrogen (secondary N) is 1. The molecule has 0 saturated carbocycles. The van der Waals surface area contributed by atoms with E-state index in [4.69, 9.17) is 4.74 Å². The number of aryl methyl sites for hydroxylation is 1. The molecule has 2 rings (SSSR count). The van der Waals surface area contributed by atoms with E-state index in [0.29, 0.717) is 6.61 Å². The molecule has 0 aliphatic carbocycles. The van der Waals surface area contributed by atoms with E-state index in [-0.39, 0.29) is 0 Å². The van der Waals surface area contributed by atoms with E-state index >= 15 is 0 Å². The number of hydrogen-bond acceptors (Lipinski definition) is 2. The van der Waals surface area contributed by atoms with Crippen molar-refractivity contribution in [2.24, 2.45) is 0 Å². The minimum atomic E-state index is 0.653. The van der Waals surface area contributed by atoms with Crippen molar-refractivity contribution in [1.82, 2.24) is 9.97 Å². The molecule has 0 bridgehead atoms. The fraction of sp³-hybridized carbons (Fsp3) is 0.357. The average molecular weight is 230 g/mol. The van der Waals surface area contributed by atoms with Gasteiger partial charge in [0.05, 0.1) is 6.61 Å². The Labute approximate surface area is 102 Å². The van der Waals surface area contributed by atoms with Crippen molar-refractivity contribution >= 4 is 0 Å². The van der Waals surface area contributed by atoms with Crippen LogP contribution in [0.3, 0.4) is 0 Å². The molecule has 90 valence electrons. The highest BCUT2D eigenvalue weighted by Crippen LogP contribution is 2.13. The van der Waals surface area contributed by atoms with E-state index in [1.807, 2.05) is 18.3 Å². The molecule has 0 unspecified atom stereocenters. The fourth-order valence-electron chi connectivity index (χ4n) is 1.74. The molecule has 0 saturated heterocycles. The van der Waals surface area contributed by atoms with Gasteiger partial charge in [0.2, 0.25) is 0 Å². The predicted molar refractivity (Wildman–Crippen MR) is 68.2 cm³/mol. The van der Waals surface area contributed by atoms with E-state index in [0.717, 1.165) is 24.4 Å². The van der Waals surface area contributed by atoms with Gasteiger partial charge in [0, 0.05) is 18.8 Å². The molecule has 1 aromatic heterocycles. The summed E-state index contributed by atoms with van der Waals surface area (Å²) in [6, 6.07) is 8.33. The van der Waals surface area contributed by atoms with Crippen LogP contribution >= 0.6 is 0 Å². The molecule has 3 nitrogen and oxygen atoms in total. The monoisotopic (exact) mass is 230 g/mol. The first-order valence-electron chi connectivity index (χ1n) is 6.08. The van der Waals surface area contributed by atoms with Crippen LogP contribution in [0, 0.1) is 0 Å². The zero-order valence-electron chi connectivity index (χ0n) is 10.1. The van der Waals surface area contributed by atoms with Crippen molar-refractivity contribution in [3.63, 3.8) is 0 Å². The number of H-pyrrole nitrogens is 1. The number of aromatic nitrogens is 2. The zero-order valence-corrected chi connectivity index (χ0v) is 10.1. The van der Waals surface area contributed by atoms with Crippen LogP contribution < -0.4 is 4.74 Å². The summed E-state index contributed by atoms with van der Waals surface area (Å²) >= 11 is 0. The molecule has 0 radical (unpaired) electrons. The Bertz CT molecular complexity index is 420. The first-order valence-corrected chi connectivity index (χ1v) is 6.08. The zero-order chi connectivity index (χ0) is 11.9. The van der Waals surface area contributed by atoms with Gasteiger partial charge in [-0.15, -0.1) is 0 Å². The highest BCUT2D eigenvalue weighted by Gasteiger charge is 1.97. The SMILES string of the molecule is CCCc1ccc(OCCc2ncc[nH]2)cc1. The topological polar surface area (TPSA) is 37.9 Å². The molecule has 3 heteroatoms. The summed E-state index contributed by atoms with van der Waals surface area (Å²) in [6.45, 7) is 2.84. The normalized spacial score (nSPS) is 10.4. The number of imidazole rings is 1. The van der Waals surface area contributed by atoms with Crippen LogP contribution in [0.25, 0.3) is 0 Å². The van der Waals surface area contributed by atoms with Crippen molar-refractivity contribution in [1.29, 1.82) is 0 Å². The molecule has 0 amide bonds. The van der Waals surface area contributed by atoms with Crippen LogP contribution in [-0.4, -0.2) is 16.6 Å². The second-order valence-corrected chi connectivity index (χ2v) is 4.03. The minimum Gasteiger partial charge on any atom is -0.493 e. The summed E-state index contributed by atoms with van der Waals surface area (Å²) in [5, 5.41) is 0. The summed E-state index contributed by atoms with van der Waals surface area (Å²) in [6.07, 6.45) is 6.71. The Hall–Kier alpha value is -1.77. The van der Waals surface area contributed by atoms with Crippen LogP contribution in [-0.2, 0) is 12.8 Å². The van der Waals surface area contributed by atoms with Gasteiger partial charge >= 0.3 is 0 Å². The van der Waals surface area contributed by atoms with Gasteiger partial charge in [-0.1, -0.05) is 25.5 Å². The Balaban J connectivity index is 1.79. The van der Waals surface area contributed by atoms with Gasteiger partial charge in [0.1, 0.15) is 11.6 Å². The first-order chi connectivity index (χ1) is 8.38. The Kier molecular flexibility index (Phi) is 4.19. The molecule has 1 N–H and O–H groups in total. The van der Waals surface area contributed by atoms with E-state index in [1.54, 1.807) is 6.20 Å². The number of ether oxygens (including phenoxy) is 1. The van der Waals surface area contributed by atoms with Gasteiger partial charge in [-0.3, -0.25) is 0 Å². The van der Waals surface area contributed by atoms with Crippen molar-refractivity contribution in [2.45, 2.75) is 26.2 Å². The third-order valence-electron chi connectivity index (χ3n) is 2.62. The third-order valence-corrected chi connectivity index (χ3v) is 2.62. The second kappa shape index (κ2) is 6.09. The highest BCUT2D eigenvalue weighted by molar-refractivity contribution is 5.27. The molecule has 17 heavy (non-hydrogen) atoms. The van der Waals surface area contributed by atoms with Gasteiger partial charge in [0.25, 0.3) is 0 Å². The molecule has 0 atom stereocenters. The maximum Gasteiger partial charge on any atom is 0.119 e. The predicted octanol–water partition coefficient (Wildman–Crippen LogP) is 2.98. The Morgan fingerprint density at radius 2 is 2.00 bits per heavy atom. The van der Waals surface area contributed by atoms with Gasteiger partial charge in [0.15, 0.2) is 0 Å². The maximum absolute atomic E-state index is 5.65. The third kappa shape index (κ3) is 3.63. The molecular formula is C14H18N2O. The fourth-order valence-corrected chi connectivity index (χ4v) is 1.74. The van der Waals surface area contributed by atoms with Crippen LogP contribution in [0.15, 0.2) is 36.7 Å². The van der Waals surface area contributed by atoms with Crippen LogP contribution in [0.4, 0.5) is 0 Å². The Morgan fingerprint density at radius 1 is 1.18 bits per heavy atom. The number of nitrogens with zero attached hydrogens (tertiary/aromatic N) is 1. The van der Waals surface area contributed by atoms with Gasteiger partial charge in [-0.05, 0) is 24.1 Å². The lowest BCUT2D eigenvalue weighted by Crippen LogP contribution is -2.02. The van der Waals surface area contributed by atoms with E-state index in [9.17, 15) is 0 Å². The smallest absolute Gasteiger partial charge is 0.119 e. The molecule has 0 spiro atoms.